The van der Waals surface area contributed by atoms with Gasteiger partial charge in [0.1, 0.15) is 0 Å². The van der Waals surface area contributed by atoms with Crippen LogP contribution < -0.4 is 10.6 Å². The van der Waals surface area contributed by atoms with Gasteiger partial charge in [-0.05, 0) is 37.6 Å². The topological polar surface area (TPSA) is 38.5 Å². The highest BCUT2D eigenvalue weighted by Gasteiger charge is 2.21. The first-order valence-electron chi connectivity index (χ1n) is 6.03. The van der Waals surface area contributed by atoms with Crippen molar-refractivity contribution in [2.45, 2.75) is 19.4 Å². The maximum absolute atomic E-state index is 6.06. The maximum Gasteiger partial charge on any atom is 0.0762 e. The van der Waals surface area contributed by atoms with E-state index in [1.54, 1.807) is 0 Å². The standard InChI is InChI=1S/C13H19ClN2O/c1-10-2-3-11(14)8-13(10)16-6-7-17-12(9-16)4-5-15/h2-3,8,12H,4-7,9,15H2,1H3. The summed E-state index contributed by atoms with van der Waals surface area (Å²) >= 11 is 6.06. The van der Waals surface area contributed by atoms with Gasteiger partial charge in [-0.15, -0.1) is 0 Å². The molecule has 3 nitrogen and oxygen atoms in total. The van der Waals surface area contributed by atoms with E-state index in [1.165, 1.54) is 11.3 Å². The molecule has 0 aliphatic carbocycles. The summed E-state index contributed by atoms with van der Waals surface area (Å²) < 4.78 is 5.69. The van der Waals surface area contributed by atoms with Gasteiger partial charge in [0.25, 0.3) is 0 Å². The van der Waals surface area contributed by atoms with Crippen LogP contribution in [0, 0.1) is 6.92 Å². The summed E-state index contributed by atoms with van der Waals surface area (Å²) in [6.45, 7) is 5.36. The normalized spacial score (nSPS) is 20.6. The van der Waals surface area contributed by atoms with Gasteiger partial charge in [-0.3, -0.25) is 0 Å². The van der Waals surface area contributed by atoms with Crippen LogP contribution in [0.3, 0.4) is 0 Å². The summed E-state index contributed by atoms with van der Waals surface area (Å²) in [5.74, 6) is 0. The lowest BCUT2D eigenvalue weighted by atomic mass is 10.1. The van der Waals surface area contributed by atoms with Gasteiger partial charge in [0.2, 0.25) is 0 Å². The Morgan fingerprint density at radius 1 is 1.53 bits per heavy atom. The monoisotopic (exact) mass is 254 g/mol. The molecule has 1 aromatic rings. The fraction of sp³-hybridized carbons (Fsp3) is 0.538. The molecule has 17 heavy (non-hydrogen) atoms. The van der Waals surface area contributed by atoms with Crippen molar-refractivity contribution in [1.29, 1.82) is 0 Å². The van der Waals surface area contributed by atoms with Crippen molar-refractivity contribution in [2.24, 2.45) is 5.73 Å². The predicted molar refractivity (Wildman–Crippen MR) is 71.8 cm³/mol. The number of benzene rings is 1. The van der Waals surface area contributed by atoms with E-state index in [1.807, 2.05) is 12.1 Å². The first kappa shape index (κ1) is 12.7. The molecule has 1 atom stereocenters. The number of nitrogens with two attached hydrogens (primary N) is 1. The maximum atomic E-state index is 6.06. The van der Waals surface area contributed by atoms with E-state index in [0.717, 1.165) is 31.1 Å². The number of nitrogens with zero attached hydrogens (tertiary/aromatic N) is 1. The van der Waals surface area contributed by atoms with Crippen LogP contribution in [0.15, 0.2) is 18.2 Å². The van der Waals surface area contributed by atoms with Gasteiger partial charge in [0.05, 0.1) is 12.7 Å². The van der Waals surface area contributed by atoms with Crippen molar-refractivity contribution in [1.82, 2.24) is 0 Å². The number of hydrogen-bond donors (Lipinski definition) is 1. The number of rotatable bonds is 3. The fourth-order valence-corrected chi connectivity index (χ4v) is 2.39. The quantitative estimate of drug-likeness (QED) is 0.899. The van der Waals surface area contributed by atoms with Crippen LogP contribution in [0.4, 0.5) is 5.69 Å². The Balaban J connectivity index is 2.13. The minimum atomic E-state index is 0.243. The van der Waals surface area contributed by atoms with E-state index in [9.17, 15) is 0 Å². The van der Waals surface area contributed by atoms with E-state index >= 15 is 0 Å². The number of aryl methyl sites for hydroxylation is 1. The molecule has 1 saturated heterocycles. The number of ether oxygens (including phenoxy) is 1. The van der Waals surface area contributed by atoms with Gasteiger partial charge >= 0.3 is 0 Å². The molecular weight excluding hydrogens is 236 g/mol. The molecule has 2 N–H and O–H groups in total. The average Bonchev–Trinajstić information content (AvgIpc) is 2.33. The van der Waals surface area contributed by atoms with Crippen molar-refractivity contribution in [2.75, 3.05) is 31.1 Å². The van der Waals surface area contributed by atoms with Crippen molar-refractivity contribution >= 4 is 17.3 Å². The number of hydrogen-bond acceptors (Lipinski definition) is 3. The molecule has 0 radical (unpaired) electrons. The SMILES string of the molecule is Cc1ccc(Cl)cc1N1CCOC(CCN)C1. The second-order valence-electron chi connectivity index (χ2n) is 4.45. The smallest absolute Gasteiger partial charge is 0.0762 e. The molecule has 0 saturated carbocycles. The molecule has 0 spiro atoms. The predicted octanol–water partition coefficient (Wildman–Crippen LogP) is 2.20. The van der Waals surface area contributed by atoms with Crippen LogP contribution in [0.2, 0.25) is 5.02 Å². The molecule has 4 heteroatoms. The summed E-state index contributed by atoms with van der Waals surface area (Å²) in [6, 6.07) is 6.02. The van der Waals surface area contributed by atoms with E-state index in [-0.39, 0.29) is 6.10 Å². The highest BCUT2D eigenvalue weighted by atomic mass is 35.5. The third kappa shape index (κ3) is 3.12. The van der Waals surface area contributed by atoms with Crippen LogP contribution in [-0.2, 0) is 4.74 Å². The molecule has 2 rings (SSSR count). The van der Waals surface area contributed by atoms with Crippen molar-refractivity contribution in [3.8, 4) is 0 Å². The van der Waals surface area contributed by atoms with Crippen molar-refractivity contribution in [3.63, 3.8) is 0 Å². The molecule has 0 amide bonds. The largest absolute Gasteiger partial charge is 0.374 e. The van der Waals surface area contributed by atoms with Crippen molar-refractivity contribution in [3.05, 3.63) is 28.8 Å². The zero-order valence-corrected chi connectivity index (χ0v) is 10.9. The Kier molecular flexibility index (Phi) is 4.26. The van der Waals surface area contributed by atoms with Gasteiger partial charge < -0.3 is 15.4 Å². The Bertz CT molecular complexity index is 382. The lowest BCUT2D eigenvalue weighted by Gasteiger charge is -2.35. The molecule has 1 heterocycles. The molecule has 0 bridgehead atoms. The Morgan fingerprint density at radius 2 is 2.35 bits per heavy atom. The zero-order chi connectivity index (χ0) is 12.3. The first-order valence-corrected chi connectivity index (χ1v) is 6.41. The third-order valence-electron chi connectivity index (χ3n) is 3.14. The minimum Gasteiger partial charge on any atom is -0.374 e. The van der Waals surface area contributed by atoms with E-state index < -0.39 is 0 Å². The minimum absolute atomic E-state index is 0.243. The molecule has 1 aliphatic rings. The Hall–Kier alpha value is -0.770. The molecule has 1 aliphatic heterocycles. The third-order valence-corrected chi connectivity index (χ3v) is 3.37. The van der Waals surface area contributed by atoms with Gasteiger partial charge in [-0.25, -0.2) is 0 Å². The number of morpholine rings is 1. The number of anilines is 1. The van der Waals surface area contributed by atoms with Gasteiger partial charge in [-0.2, -0.15) is 0 Å². The zero-order valence-electron chi connectivity index (χ0n) is 10.2. The van der Waals surface area contributed by atoms with E-state index in [4.69, 9.17) is 22.1 Å². The Morgan fingerprint density at radius 3 is 3.12 bits per heavy atom. The van der Waals surface area contributed by atoms with Gasteiger partial charge in [-0.1, -0.05) is 17.7 Å². The highest BCUT2D eigenvalue weighted by Crippen LogP contribution is 2.26. The van der Waals surface area contributed by atoms with Crippen LogP contribution in [0.1, 0.15) is 12.0 Å². The van der Waals surface area contributed by atoms with E-state index in [2.05, 4.69) is 17.9 Å². The van der Waals surface area contributed by atoms with Crippen molar-refractivity contribution < 1.29 is 4.74 Å². The van der Waals surface area contributed by atoms with Crippen LogP contribution >= 0.6 is 11.6 Å². The molecule has 0 aromatic heterocycles. The van der Waals surface area contributed by atoms with Crippen LogP contribution in [0.25, 0.3) is 0 Å². The fourth-order valence-electron chi connectivity index (χ4n) is 2.22. The molecule has 1 unspecified atom stereocenters. The van der Waals surface area contributed by atoms with Gasteiger partial charge in [0, 0.05) is 23.8 Å². The summed E-state index contributed by atoms with van der Waals surface area (Å²) in [7, 11) is 0. The summed E-state index contributed by atoms with van der Waals surface area (Å²) in [5.41, 5.74) is 8.04. The number of halogens is 1. The second kappa shape index (κ2) is 5.71. The molecule has 1 aromatic carbocycles. The lowest BCUT2D eigenvalue weighted by molar-refractivity contribution is 0.0368. The van der Waals surface area contributed by atoms with Gasteiger partial charge in [0.15, 0.2) is 0 Å². The highest BCUT2D eigenvalue weighted by molar-refractivity contribution is 6.30. The summed E-state index contributed by atoms with van der Waals surface area (Å²) in [5, 5.41) is 0.785. The van der Waals surface area contributed by atoms with Crippen LogP contribution in [-0.4, -0.2) is 32.3 Å². The summed E-state index contributed by atoms with van der Waals surface area (Å²) in [6.07, 6.45) is 1.16. The first-order chi connectivity index (χ1) is 8.20. The molecule has 94 valence electrons. The Labute approximate surface area is 107 Å². The van der Waals surface area contributed by atoms with E-state index in [0.29, 0.717) is 6.54 Å². The lowest BCUT2D eigenvalue weighted by Crippen LogP contribution is -2.43. The molecular formula is C13H19ClN2O. The van der Waals surface area contributed by atoms with Crippen LogP contribution in [0.5, 0.6) is 0 Å². The summed E-state index contributed by atoms with van der Waals surface area (Å²) in [4.78, 5) is 2.34. The molecule has 1 fully saturated rings. The average molecular weight is 255 g/mol. The second-order valence-corrected chi connectivity index (χ2v) is 4.88.